The number of rotatable bonds is 5. The Morgan fingerprint density at radius 1 is 1.45 bits per heavy atom. The maximum absolute atomic E-state index is 11.9. The summed E-state index contributed by atoms with van der Waals surface area (Å²) < 4.78 is 4.95. The number of anilines is 1. The normalized spacial score (nSPS) is 11.6. The predicted molar refractivity (Wildman–Crippen MR) is 73.3 cm³/mol. The summed E-state index contributed by atoms with van der Waals surface area (Å²) in [5.41, 5.74) is 0.100. The Morgan fingerprint density at radius 2 is 2.10 bits per heavy atom. The van der Waals surface area contributed by atoms with Crippen molar-refractivity contribution in [3.05, 3.63) is 23.8 Å². The van der Waals surface area contributed by atoms with Gasteiger partial charge in [-0.3, -0.25) is 0 Å². The number of urea groups is 1. The monoisotopic (exact) mass is 282 g/mol. The van der Waals surface area contributed by atoms with Crippen LogP contribution in [0.4, 0.5) is 10.5 Å². The molecule has 0 saturated heterocycles. The quantitative estimate of drug-likeness (QED) is 0.754. The molecule has 0 fully saturated rings. The molecule has 0 aliphatic rings. The molecular weight excluding hydrogens is 264 g/mol. The van der Waals surface area contributed by atoms with Gasteiger partial charge in [0.2, 0.25) is 0 Å². The smallest absolute Gasteiger partial charge is 0.337 e. The third-order valence-corrected chi connectivity index (χ3v) is 2.94. The van der Waals surface area contributed by atoms with Crippen LogP contribution in [-0.2, 0) is 0 Å². The number of hydrogen-bond donors (Lipinski definition) is 3. The molecule has 1 aromatic rings. The average Bonchev–Trinajstić information content (AvgIpc) is 2.45. The van der Waals surface area contributed by atoms with Gasteiger partial charge in [-0.05, 0) is 25.1 Å². The number of carbonyl (C=O) groups is 2. The number of benzene rings is 1. The molecule has 7 heteroatoms. The van der Waals surface area contributed by atoms with Gasteiger partial charge >= 0.3 is 12.0 Å². The molecule has 1 unspecified atom stereocenters. The maximum Gasteiger partial charge on any atom is 0.337 e. The van der Waals surface area contributed by atoms with E-state index in [4.69, 9.17) is 14.9 Å². The van der Waals surface area contributed by atoms with Crippen LogP contribution in [0.5, 0.6) is 5.75 Å². The number of carboxylic acid groups (broad SMARTS) is 1. The molecule has 110 valence electrons. The van der Waals surface area contributed by atoms with Gasteiger partial charge < -0.3 is 25.2 Å². The Bertz CT molecular complexity index is 504. The number of ether oxygens (including phenoxy) is 1. The van der Waals surface area contributed by atoms with E-state index in [9.17, 15) is 9.59 Å². The van der Waals surface area contributed by atoms with Crippen molar-refractivity contribution in [1.82, 2.24) is 4.90 Å². The van der Waals surface area contributed by atoms with Crippen LogP contribution in [0.2, 0.25) is 0 Å². The van der Waals surface area contributed by atoms with Gasteiger partial charge in [0.25, 0.3) is 0 Å². The molecular formula is C13H18N2O5. The van der Waals surface area contributed by atoms with Gasteiger partial charge in [-0.25, -0.2) is 9.59 Å². The van der Waals surface area contributed by atoms with E-state index in [0.29, 0.717) is 5.75 Å². The van der Waals surface area contributed by atoms with Gasteiger partial charge in [-0.2, -0.15) is 0 Å². The minimum atomic E-state index is -1.17. The van der Waals surface area contributed by atoms with Crippen LogP contribution in [-0.4, -0.2) is 53.9 Å². The molecule has 0 bridgehead atoms. The molecule has 0 aliphatic carbocycles. The molecule has 0 heterocycles. The lowest BCUT2D eigenvalue weighted by Gasteiger charge is -2.23. The SMILES string of the molecule is COc1ccc(NC(=O)N(C)C(C)CO)c(C(=O)O)c1. The van der Waals surface area contributed by atoms with E-state index in [-0.39, 0.29) is 23.9 Å². The number of aliphatic hydroxyl groups excluding tert-OH is 1. The number of carboxylic acids is 1. The molecule has 0 aliphatic heterocycles. The minimum Gasteiger partial charge on any atom is -0.497 e. The Kier molecular flexibility index (Phi) is 5.33. The van der Waals surface area contributed by atoms with E-state index < -0.39 is 12.0 Å². The molecule has 1 aromatic carbocycles. The fourth-order valence-electron chi connectivity index (χ4n) is 1.46. The first-order valence-corrected chi connectivity index (χ1v) is 5.96. The zero-order valence-electron chi connectivity index (χ0n) is 11.6. The van der Waals surface area contributed by atoms with Crippen molar-refractivity contribution >= 4 is 17.7 Å². The van der Waals surface area contributed by atoms with Crippen LogP contribution in [0.25, 0.3) is 0 Å². The highest BCUT2D eigenvalue weighted by Gasteiger charge is 2.18. The zero-order valence-corrected chi connectivity index (χ0v) is 11.6. The van der Waals surface area contributed by atoms with Crippen LogP contribution in [0.3, 0.4) is 0 Å². The highest BCUT2D eigenvalue weighted by Crippen LogP contribution is 2.22. The van der Waals surface area contributed by atoms with Gasteiger partial charge in [0.05, 0.1) is 31.0 Å². The summed E-state index contributed by atoms with van der Waals surface area (Å²) in [5, 5.41) is 20.6. The molecule has 2 amide bonds. The fourth-order valence-corrected chi connectivity index (χ4v) is 1.46. The fraction of sp³-hybridized carbons (Fsp3) is 0.385. The van der Waals surface area contributed by atoms with Crippen molar-refractivity contribution in [2.45, 2.75) is 13.0 Å². The van der Waals surface area contributed by atoms with Crippen LogP contribution >= 0.6 is 0 Å². The number of carbonyl (C=O) groups excluding carboxylic acids is 1. The van der Waals surface area contributed by atoms with Gasteiger partial charge in [-0.15, -0.1) is 0 Å². The minimum absolute atomic E-state index is 0.0669. The number of aliphatic hydroxyl groups is 1. The number of methoxy groups -OCH3 is 1. The Hall–Kier alpha value is -2.28. The van der Waals surface area contributed by atoms with Gasteiger partial charge in [-0.1, -0.05) is 0 Å². The van der Waals surface area contributed by atoms with E-state index in [2.05, 4.69) is 5.32 Å². The molecule has 0 spiro atoms. The second kappa shape index (κ2) is 6.76. The Morgan fingerprint density at radius 3 is 2.60 bits per heavy atom. The van der Waals surface area contributed by atoms with E-state index in [1.807, 2.05) is 0 Å². The summed E-state index contributed by atoms with van der Waals surface area (Å²) in [7, 11) is 2.94. The second-order valence-electron chi connectivity index (χ2n) is 4.29. The molecule has 0 aromatic heterocycles. The molecule has 7 nitrogen and oxygen atoms in total. The lowest BCUT2D eigenvalue weighted by Crippen LogP contribution is -2.40. The Balaban J connectivity index is 2.97. The summed E-state index contributed by atoms with van der Waals surface area (Å²) in [5.74, 6) is -0.783. The van der Waals surface area contributed by atoms with Crippen molar-refractivity contribution in [1.29, 1.82) is 0 Å². The lowest BCUT2D eigenvalue weighted by molar-refractivity contribution is 0.0697. The number of aromatic carboxylic acids is 1. The third-order valence-electron chi connectivity index (χ3n) is 2.94. The number of nitrogens with zero attached hydrogens (tertiary/aromatic N) is 1. The molecule has 1 atom stereocenters. The van der Waals surface area contributed by atoms with Gasteiger partial charge in [0.1, 0.15) is 5.75 Å². The average molecular weight is 282 g/mol. The van der Waals surface area contributed by atoms with Crippen molar-refractivity contribution in [3.63, 3.8) is 0 Å². The molecule has 0 radical (unpaired) electrons. The zero-order chi connectivity index (χ0) is 15.3. The van der Waals surface area contributed by atoms with E-state index in [0.717, 1.165) is 0 Å². The van der Waals surface area contributed by atoms with Crippen LogP contribution < -0.4 is 10.1 Å². The standard InChI is InChI=1S/C13H18N2O5/c1-8(7-16)15(2)13(19)14-11-5-4-9(20-3)6-10(11)12(17)18/h4-6,8,16H,7H2,1-3H3,(H,14,19)(H,17,18). The topological polar surface area (TPSA) is 99.1 Å². The van der Waals surface area contributed by atoms with Crippen molar-refractivity contribution in [2.75, 3.05) is 26.1 Å². The van der Waals surface area contributed by atoms with Crippen LogP contribution in [0.1, 0.15) is 17.3 Å². The largest absolute Gasteiger partial charge is 0.497 e. The summed E-state index contributed by atoms with van der Waals surface area (Å²) in [6.45, 7) is 1.49. The summed E-state index contributed by atoms with van der Waals surface area (Å²) in [6, 6.07) is 3.46. The summed E-state index contributed by atoms with van der Waals surface area (Å²) >= 11 is 0. The number of hydrogen-bond acceptors (Lipinski definition) is 4. The second-order valence-corrected chi connectivity index (χ2v) is 4.29. The molecule has 1 rings (SSSR count). The molecule has 0 saturated carbocycles. The van der Waals surface area contributed by atoms with E-state index in [1.54, 1.807) is 13.0 Å². The van der Waals surface area contributed by atoms with Gasteiger partial charge in [0.15, 0.2) is 0 Å². The van der Waals surface area contributed by atoms with E-state index in [1.165, 1.54) is 31.2 Å². The highest BCUT2D eigenvalue weighted by molar-refractivity contribution is 6.00. The van der Waals surface area contributed by atoms with E-state index >= 15 is 0 Å². The number of amides is 2. The molecule has 20 heavy (non-hydrogen) atoms. The summed E-state index contributed by atoms with van der Waals surface area (Å²) in [4.78, 5) is 24.4. The predicted octanol–water partition coefficient (Wildman–Crippen LogP) is 1.24. The van der Waals surface area contributed by atoms with Gasteiger partial charge in [0, 0.05) is 7.05 Å². The first-order valence-electron chi connectivity index (χ1n) is 5.96. The van der Waals surface area contributed by atoms with Crippen molar-refractivity contribution in [3.8, 4) is 5.75 Å². The number of nitrogens with one attached hydrogen (secondary N) is 1. The van der Waals surface area contributed by atoms with Crippen LogP contribution in [0, 0.1) is 0 Å². The summed E-state index contributed by atoms with van der Waals surface area (Å²) in [6.07, 6.45) is 0. The number of likely N-dealkylation sites (N-methyl/N-ethyl adjacent to an activating group) is 1. The van der Waals surface area contributed by atoms with Crippen LogP contribution in [0.15, 0.2) is 18.2 Å². The highest BCUT2D eigenvalue weighted by atomic mass is 16.5. The van der Waals surface area contributed by atoms with Crippen molar-refractivity contribution in [2.24, 2.45) is 0 Å². The maximum atomic E-state index is 11.9. The lowest BCUT2D eigenvalue weighted by atomic mass is 10.1. The third kappa shape index (κ3) is 3.61. The van der Waals surface area contributed by atoms with Crippen molar-refractivity contribution < 1.29 is 24.5 Å². The first kappa shape index (κ1) is 15.8. The Labute approximate surface area is 116 Å². The molecule has 3 N–H and O–H groups in total. The first-order chi connectivity index (χ1) is 9.40.